The average molecular weight is 270 g/mol. The average Bonchev–Trinajstić information content (AvgIpc) is 2.26. The first kappa shape index (κ1) is 15.5. The molecular weight excluding hydrogens is 248 g/mol. The summed E-state index contributed by atoms with van der Waals surface area (Å²) in [6, 6.07) is -0.142. The molecule has 19 heavy (non-hydrogen) atoms. The zero-order valence-corrected chi connectivity index (χ0v) is 11.5. The summed E-state index contributed by atoms with van der Waals surface area (Å²) in [7, 11) is 0. The molecule has 0 aliphatic carbocycles. The van der Waals surface area contributed by atoms with Gasteiger partial charge in [-0.05, 0) is 18.8 Å². The molecule has 108 valence electrons. The lowest BCUT2D eigenvalue weighted by molar-refractivity contribution is -0.141. The van der Waals surface area contributed by atoms with Gasteiger partial charge in [-0.2, -0.15) is 0 Å². The normalized spacial score (nSPS) is 22.9. The van der Waals surface area contributed by atoms with Gasteiger partial charge in [0.1, 0.15) is 0 Å². The fraction of sp³-hybridized carbons (Fsp3) is 0.769. The van der Waals surface area contributed by atoms with E-state index >= 15 is 0 Å². The Balaban J connectivity index is 2.68. The molecule has 2 amide bonds. The van der Waals surface area contributed by atoms with Crippen LogP contribution in [0, 0.1) is 5.92 Å². The van der Waals surface area contributed by atoms with E-state index < -0.39 is 5.97 Å². The lowest BCUT2D eigenvalue weighted by Gasteiger charge is -2.37. The van der Waals surface area contributed by atoms with E-state index in [0.717, 1.165) is 6.42 Å². The summed E-state index contributed by atoms with van der Waals surface area (Å²) in [5.74, 6) is -1.07. The first-order valence-corrected chi connectivity index (χ1v) is 6.69. The van der Waals surface area contributed by atoms with Gasteiger partial charge in [0, 0.05) is 38.9 Å². The number of amides is 2. The van der Waals surface area contributed by atoms with Crippen LogP contribution in [0.3, 0.4) is 0 Å². The number of nitrogens with zero attached hydrogens (tertiary/aromatic N) is 1. The first-order chi connectivity index (χ1) is 8.92. The van der Waals surface area contributed by atoms with Crippen molar-refractivity contribution in [3.63, 3.8) is 0 Å². The van der Waals surface area contributed by atoms with Gasteiger partial charge in [-0.1, -0.05) is 6.92 Å². The molecule has 2 atom stereocenters. The first-order valence-electron chi connectivity index (χ1n) is 6.69. The fourth-order valence-electron chi connectivity index (χ4n) is 2.57. The van der Waals surface area contributed by atoms with Crippen LogP contribution in [0.15, 0.2) is 0 Å². The number of likely N-dealkylation sites (tertiary alicyclic amines) is 1. The Hall–Kier alpha value is -1.59. The van der Waals surface area contributed by atoms with Crippen molar-refractivity contribution in [2.45, 2.75) is 45.6 Å². The zero-order valence-electron chi connectivity index (χ0n) is 11.5. The Morgan fingerprint density at radius 3 is 2.53 bits per heavy atom. The van der Waals surface area contributed by atoms with E-state index in [1.807, 2.05) is 6.92 Å². The SMILES string of the molecule is CCCC(=O)N1CC(CC(=O)O)CC(NC(C)=O)C1. The molecule has 1 rings (SSSR count). The van der Waals surface area contributed by atoms with Crippen LogP contribution in [0.5, 0.6) is 0 Å². The summed E-state index contributed by atoms with van der Waals surface area (Å²) >= 11 is 0. The highest BCUT2D eigenvalue weighted by Crippen LogP contribution is 2.21. The molecule has 6 nitrogen and oxygen atoms in total. The van der Waals surface area contributed by atoms with Gasteiger partial charge in [-0.3, -0.25) is 14.4 Å². The summed E-state index contributed by atoms with van der Waals surface area (Å²) in [4.78, 5) is 35.5. The lowest BCUT2D eigenvalue weighted by Crippen LogP contribution is -2.52. The largest absolute Gasteiger partial charge is 0.481 e. The number of rotatable bonds is 5. The number of carboxylic acids is 1. The maximum Gasteiger partial charge on any atom is 0.303 e. The second kappa shape index (κ2) is 7.11. The van der Waals surface area contributed by atoms with Crippen LogP contribution in [0.1, 0.15) is 39.5 Å². The number of nitrogens with one attached hydrogen (secondary N) is 1. The van der Waals surface area contributed by atoms with Gasteiger partial charge in [0.25, 0.3) is 0 Å². The number of hydrogen-bond acceptors (Lipinski definition) is 3. The molecule has 0 aromatic heterocycles. The van der Waals surface area contributed by atoms with Gasteiger partial charge in [-0.25, -0.2) is 0 Å². The minimum absolute atomic E-state index is 0.0337. The van der Waals surface area contributed by atoms with Gasteiger partial charge in [0.2, 0.25) is 11.8 Å². The minimum Gasteiger partial charge on any atom is -0.481 e. The van der Waals surface area contributed by atoms with Crippen molar-refractivity contribution in [3.05, 3.63) is 0 Å². The topological polar surface area (TPSA) is 86.7 Å². The third-order valence-corrected chi connectivity index (χ3v) is 3.22. The third-order valence-electron chi connectivity index (χ3n) is 3.22. The number of carbonyl (C=O) groups is 3. The van der Waals surface area contributed by atoms with Gasteiger partial charge >= 0.3 is 5.97 Å². The Morgan fingerprint density at radius 2 is 2.00 bits per heavy atom. The van der Waals surface area contributed by atoms with Gasteiger partial charge in [0.15, 0.2) is 0 Å². The van der Waals surface area contributed by atoms with Crippen LogP contribution in [-0.2, 0) is 14.4 Å². The van der Waals surface area contributed by atoms with E-state index in [1.165, 1.54) is 6.92 Å². The van der Waals surface area contributed by atoms with Crippen molar-refractivity contribution in [2.24, 2.45) is 5.92 Å². The number of hydrogen-bond donors (Lipinski definition) is 2. The summed E-state index contributed by atoms with van der Waals surface area (Å²) < 4.78 is 0. The van der Waals surface area contributed by atoms with Crippen LogP contribution in [0.4, 0.5) is 0 Å². The quantitative estimate of drug-likeness (QED) is 0.766. The molecule has 1 heterocycles. The van der Waals surface area contributed by atoms with E-state index in [2.05, 4.69) is 5.32 Å². The highest BCUT2D eigenvalue weighted by Gasteiger charge is 2.31. The molecule has 0 spiro atoms. The molecule has 0 aromatic rings. The minimum atomic E-state index is -0.864. The van der Waals surface area contributed by atoms with Crippen molar-refractivity contribution < 1.29 is 19.5 Å². The number of piperidine rings is 1. The summed E-state index contributed by atoms with van der Waals surface area (Å²) in [5, 5.41) is 11.7. The molecule has 1 saturated heterocycles. The smallest absolute Gasteiger partial charge is 0.303 e. The van der Waals surface area contributed by atoms with Crippen LogP contribution in [0.25, 0.3) is 0 Å². The molecule has 2 unspecified atom stereocenters. The van der Waals surface area contributed by atoms with Crippen molar-refractivity contribution in [2.75, 3.05) is 13.1 Å². The van der Waals surface area contributed by atoms with Gasteiger partial charge < -0.3 is 15.3 Å². The number of aliphatic carboxylic acids is 1. The van der Waals surface area contributed by atoms with Crippen LogP contribution < -0.4 is 5.32 Å². The van der Waals surface area contributed by atoms with Crippen molar-refractivity contribution in [1.29, 1.82) is 0 Å². The van der Waals surface area contributed by atoms with Crippen molar-refractivity contribution in [3.8, 4) is 0 Å². The van der Waals surface area contributed by atoms with E-state index in [0.29, 0.717) is 25.9 Å². The Morgan fingerprint density at radius 1 is 1.32 bits per heavy atom. The maximum absolute atomic E-state index is 11.9. The standard InChI is InChI=1S/C13H22N2O4/c1-3-4-12(17)15-7-10(6-13(18)19)5-11(8-15)14-9(2)16/h10-11H,3-8H2,1-2H3,(H,14,16)(H,18,19). The van der Waals surface area contributed by atoms with Crippen LogP contribution >= 0.6 is 0 Å². The number of carboxylic acid groups (broad SMARTS) is 1. The zero-order chi connectivity index (χ0) is 14.4. The Kier molecular flexibility index (Phi) is 5.79. The lowest BCUT2D eigenvalue weighted by atomic mass is 9.91. The molecule has 0 bridgehead atoms. The molecule has 0 saturated carbocycles. The maximum atomic E-state index is 11.9. The summed E-state index contributed by atoms with van der Waals surface area (Å²) in [6.45, 7) is 4.32. The molecule has 1 aliphatic heterocycles. The van der Waals surface area contributed by atoms with Gasteiger partial charge in [0.05, 0.1) is 0 Å². The molecule has 0 aromatic carbocycles. The van der Waals surface area contributed by atoms with Crippen molar-refractivity contribution in [1.82, 2.24) is 10.2 Å². The highest BCUT2D eigenvalue weighted by atomic mass is 16.4. The van der Waals surface area contributed by atoms with Gasteiger partial charge in [-0.15, -0.1) is 0 Å². The van der Waals surface area contributed by atoms with E-state index in [9.17, 15) is 14.4 Å². The van der Waals surface area contributed by atoms with E-state index in [4.69, 9.17) is 5.11 Å². The predicted octanol–water partition coefficient (Wildman–Crippen LogP) is 0.614. The van der Waals surface area contributed by atoms with E-state index in [-0.39, 0.29) is 30.2 Å². The second-order valence-corrected chi connectivity index (χ2v) is 5.15. The van der Waals surface area contributed by atoms with Crippen LogP contribution in [0.2, 0.25) is 0 Å². The summed E-state index contributed by atoms with van der Waals surface area (Å²) in [5.41, 5.74) is 0. The van der Waals surface area contributed by atoms with E-state index in [1.54, 1.807) is 4.90 Å². The molecule has 2 N–H and O–H groups in total. The Labute approximate surface area is 113 Å². The molecule has 0 radical (unpaired) electrons. The number of carbonyl (C=O) groups excluding carboxylic acids is 2. The molecular formula is C13H22N2O4. The second-order valence-electron chi connectivity index (χ2n) is 5.15. The van der Waals surface area contributed by atoms with Crippen molar-refractivity contribution >= 4 is 17.8 Å². The third kappa shape index (κ3) is 5.28. The Bertz CT molecular complexity index is 333. The summed E-state index contributed by atoms with van der Waals surface area (Å²) in [6.07, 6.45) is 1.88. The monoisotopic (exact) mass is 270 g/mol. The fourth-order valence-corrected chi connectivity index (χ4v) is 2.57. The predicted molar refractivity (Wildman–Crippen MR) is 69.5 cm³/mol. The molecule has 1 fully saturated rings. The highest BCUT2D eigenvalue weighted by molar-refractivity contribution is 5.77. The molecule has 1 aliphatic rings. The molecule has 6 heteroatoms. The van der Waals surface area contributed by atoms with Crippen LogP contribution in [-0.4, -0.2) is 46.9 Å².